The van der Waals surface area contributed by atoms with E-state index in [2.05, 4.69) is 10.7 Å². The largest absolute Gasteiger partial charge is 0.326 e. The fraction of sp³-hybridized carbons (Fsp3) is 0.200. The maximum absolute atomic E-state index is 12.8. The van der Waals surface area contributed by atoms with Crippen LogP contribution in [0.1, 0.15) is 23.7 Å². The average molecular weight is 500 g/mol. The smallest absolute Gasteiger partial charge is 0.271 e. The number of hydrogen-bond donors (Lipinski definition) is 2. The summed E-state index contributed by atoms with van der Waals surface area (Å²) >= 11 is 23.3. The summed E-state index contributed by atoms with van der Waals surface area (Å²) in [4.78, 5) is 39.5. The van der Waals surface area contributed by atoms with E-state index in [0.29, 0.717) is 15.7 Å². The van der Waals surface area contributed by atoms with Crippen molar-refractivity contribution in [1.82, 2.24) is 15.3 Å². The molecule has 1 aliphatic rings. The first-order valence-corrected chi connectivity index (χ1v) is 10.7. The molecule has 1 fully saturated rings. The molecular weight excluding hydrogens is 483 g/mol. The highest BCUT2D eigenvalue weighted by atomic mass is 35.5. The predicted octanol–water partition coefficient (Wildman–Crippen LogP) is 4.14. The van der Waals surface area contributed by atoms with Crippen LogP contribution in [-0.4, -0.2) is 45.3 Å². The molecule has 31 heavy (non-hydrogen) atoms. The van der Waals surface area contributed by atoms with Gasteiger partial charge in [-0.2, -0.15) is 0 Å². The Morgan fingerprint density at radius 1 is 1.10 bits per heavy atom. The molecule has 3 rings (SSSR count). The number of carbonyl (C=O) groups is 3. The molecule has 3 amide bonds. The molecule has 0 radical (unpaired) electrons. The van der Waals surface area contributed by atoms with Crippen LogP contribution in [0.25, 0.3) is 0 Å². The van der Waals surface area contributed by atoms with Crippen molar-refractivity contribution in [3.8, 4) is 0 Å². The molecule has 0 bridgehead atoms. The minimum absolute atomic E-state index is 0.0893. The van der Waals surface area contributed by atoms with E-state index in [1.54, 1.807) is 31.2 Å². The number of benzene rings is 2. The van der Waals surface area contributed by atoms with E-state index >= 15 is 0 Å². The number of amides is 3. The van der Waals surface area contributed by atoms with Gasteiger partial charge in [-0.15, -0.1) is 0 Å². The highest BCUT2D eigenvalue weighted by Crippen LogP contribution is 2.24. The Bertz CT molecular complexity index is 1070. The van der Waals surface area contributed by atoms with Crippen LogP contribution in [0.2, 0.25) is 15.1 Å². The van der Waals surface area contributed by atoms with Crippen LogP contribution in [-0.2, 0) is 9.59 Å². The topological polar surface area (TPSA) is 81.8 Å². The number of hydrazine groups is 1. The highest BCUT2D eigenvalue weighted by molar-refractivity contribution is 7.80. The van der Waals surface area contributed by atoms with Gasteiger partial charge in [0.05, 0.1) is 17.0 Å². The lowest BCUT2D eigenvalue weighted by molar-refractivity contribution is -0.130. The van der Waals surface area contributed by atoms with Crippen LogP contribution in [0, 0.1) is 0 Å². The number of likely N-dealkylation sites (N-methyl/N-ethyl adjacent to an activating group) is 1. The van der Waals surface area contributed by atoms with Crippen LogP contribution in [0.5, 0.6) is 0 Å². The number of rotatable bonds is 6. The summed E-state index contributed by atoms with van der Waals surface area (Å²) in [5.74, 6) is -1.42. The molecule has 1 aliphatic heterocycles. The standard InChI is InChI=1S/C20H17Cl3N4O3S/c1-2-26-19(30)16(10-17(28)24-13-5-3-4-11(21)8-13)27(20(26)31)25-18(29)14-7-6-12(22)9-15(14)23/h3-9,16H,2,10H2,1H3,(H,24,28)(H,25,29). The minimum atomic E-state index is -1.01. The second kappa shape index (κ2) is 9.82. The summed E-state index contributed by atoms with van der Waals surface area (Å²) in [6, 6.07) is 10.0. The summed E-state index contributed by atoms with van der Waals surface area (Å²) < 4.78 is 0. The normalized spacial score (nSPS) is 15.9. The van der Waals surface area contributed by atoms with E-state index in [9.17, 15) is 14.4 Å². The van der Waals surface area contributed by atoms with Gasteiger partial charge in [0.25, 0.3) is 11.8 Å². The fourth-order valence-corrected chi connectivity index (χ4v) is 4.12. The van der Waals surface area contributed by atoms with Gasteiger partial charge in [0.15, 0.2) is 5.11 Å². The number of nitrogens with zero attached hydrogens (tertiary/aromatic N) is 2. The van der Waals surface area contributed by atoms with Crippen molar-refractivity contribution < 1.29 is 14.4 Å². The van der Waals surface area contributed by atoms with Crippen LogP contribution in [0.15, 0.2) is 42.5 Å². The van der Waals surface area contributed by atoms with Crippen molar-refractivity contribution in [2.24, 2.45) is 0 Å². The van der Waals surface area contributed by atoms with Crippen molar-refractivity contribution in [1.29, 1.82) is 0 Å². The second-order valence-electron chi connectivity index (χ2n) is 6.58. The van der Waals surface area contributed by atoms with Gasteiger partial charge in [-0.25, -0.2) is 5.01 Å². The van der Waals surface area contributed by atoms with Gasteiger partial charge in [-0.3, -0.25) is 24.7 Å². The molecule has 1 heterocycles. The monoisotopic (exact) mass is 498 g/mol. The van der Waals surface area contributed by atoms with Gasteiger partial charge in [0, 0.05) is 22.3 Å². The summed E-state index contributed by atoms with van der Waals surface area (Å²) in [6.07, 6.45) is -0.239. The first-order chi connectivity index (χ1) is 14.7. The van der Waals surface area contributed by atoms with E-state index < -0.39 is 23.8 Å². The Labute approximate surface area is 199 Å². The Hall–Kier alpha value is -2.39. The average Bonchev–Trinajstić information content (AvgIpc) is 2.91. The molecule has 0 spiro atoms. The lowest BCUT2D eigenvalue weighted by Gasteiger charge is -2.24. The van der Waals surface area contributed by atoms with Crippen molar-refractivity contribution in [2.75, 3.05) is 11.9 Å². The third-order valence-corrected chi connectivity index (χ3v) is 5.70. The molecule has 2 N–H and O–H groups in total. The van der Waals surface area contributed by atoms with E-state index in [0.717, 1.165) is 0 Å². The van der Waals surface area contributed by atoms with Gasteiger partial charge in [-0.05, 0) is 55.5 Å². The third kappa shape index (κ3) is 5.27. The molecule has 0 aromatic heterocycles. The van der Waals surface area contributed by atoms with E-state index in [-0.39, 0.29) is 28.7 Å². The maximum Gasteiger partial charge on any atom is 0.271 e. The van der Waals surface area contributed by atoms with Crippen molar-refractivity contribution in [2.45, 2.75) is 19.4 Å². The van der Waals surface area contributed by atoms with Gasteiger partial charge in [-0.1, -0.05) is 40.9 Å². The fourth-order valence-electron chi connectivity index (χ4n) is 3.04. The quantitative estimate of drug-likeness (QED) is 0.584. The Kier molecular flexibility index (Phi) is 7.38. The molecule has 0 aliphatic carbocycles. The van der Waals surface area contributed by atoms with E-state index in [4.69, 9.17) is 47.0 Å². The number of hydrogen-bond acceptors (Lipinski definition) is 4. The minimum Gasteiger partial charge on any atom is -0.326 e. The summed E-state index contributed by atoms with van der Waals surface area (Å²) in [7, 11) is 0. The first kappa shape index (κ1) is 23.3. The molecule has 162 valence electrons. The lowest BCUT2D eigenvalue weighted by atomic mass is 10.1. The lowest BCUT2D eigenvalue weighted by Crippen LogP contribution is -2.49. The zero-order chi connectivity index (χ0) is 22.7. The summed E-state index contributed by atoms with van der Waals surface area (Å²) in [5.41, 5.74) is 3.23. The predicted molar refractivity (Wildman–Crippen MR) is 124 cm³/mol. The molecular formula is C20H17Cl3N4O3S. The summed E-state index contributed by atoms with van der Waals surface area (Å²) in [5, 5.41) is 4.97. The molecule has 7 nitrogen and oxygen atoms in total. The maximum atomic E-state index is 12.8. The highest BCUT2D eigenvalue weighted by Gasteiger charge is 2.44. The van der Waals surface area contributed by atoms with Gasteiger partial charge < -0.3 is 5.32 Å². The van der Waals surface area contributed by atoms with Crippen LogP contribution in [0.4, 0.5) is 5.69 Å². The number of anilines is 1. The van der Waals surface area contributed by atoms with E-state index in [1.165, 1.54) is 28.1 Å². The van der Waals surface area contributed by atoms with Crippen molar-refractivity contribution >= 4 is 75.5 Å². The molecule has 2 aromatic rings. The summed E-state index contributed by atoms with van der Waals surface area (Å²) in [6.45, 7) is 2.03. The first-order valence-electron chi connectivity index (χ1n) is 9.17. The molecule has 1 unspecified atom stereocenters. The van der Waals surface area contributed by atoms with E-state index in [1.807, 2.05) is 0 Å². The van der Waals surface area contributed by atoms with Crippen LogP contribution < -0.4 is 10.7 Å². The second-order valence-corrected chi connectivity index (χ2v) is 8.22. The SMILES string of the molecule is CCN1C(=O)C(CC(=O)Nc2cccc(Cl)c2)N(NC(=O)c2ccc(Cl)cc2Cl)C1=S. The number of nitrogens with one attached hydrogen (secondary N) is 2. The number of carbonyl (C=O) groups excluding carboxylic acids is 3. The molecule has 0 saturated carbocycles. The van der Waals surface area contributed by atoms with Gasteiger partial charge >= 0.3 is 0 Å². The third-order valence-electron chi connectivity index (χ3n) is 4.50. The number of halogens is 3. The van der Waals surface area contributed by atoms with Gasteiger partial charge in [0.2, 0.25) is 5.91 Å². The Morgan fingerprint density at radius 3 is 2.45 bits per heavy atom. The zero-order valence-corrected chi connectivity index (χ0v) is 19.3. The Morgan fingerprint density at radius 2 is 1.81 bits per heavy atom. The molecule has 1 atom stereocenters. The molecule has 11 heteroatoms. The van der Waals surface area contributed by atoms with Crippen LogP contribution >= 0.6 is 47.0 Å². The van der Waals surface area contributed by atoms with Crippen molar-refractivity contribution in [3.63, 3.8) is 0 Å². The molecule has 2 aromatic carbocycles. The molecule has 1 saturated heterocycles. The zero-order valence-electron chi connectivity index (χ0n) is 16.2. The Balaban J connectivity index is 1.79. The number of thiocarbonyl (C=S) groups is 1. The van der Waals surface area contributed by atoms with Crippen molar-refractivity contribution in [3.05, 3.63) is 63.1 Å². The van der Waals surface area contributed by atoms with Crippen LogP contribution in [0.3, 0.4) is 0 Å². The van der Waals surface area contributed by atoms with Gasteiger partial charge in [0.1, 0.15) is 6.04 Å².